The minimum atomic E-state index is -3.71. The number of sulfonamides is 1. The Morgan fingerprint density at radius 2 is 1.69 bits per heavy atom. The van der Waals surface area contributed by atoms with E-state index in [1.807, 2.05) is 12.1 Å². The summed E-state index contributed by atoms with van der Waals surface area (Å²) in [5, 5.41) is 2.56. The van der Waals surface area contributed by atoms with Crippen LogP contribution in [0.4, 0.5) is 0 Å². The summed E-state index contributed by atoms with van der Waals surface area (Å²) in [6, 6.07) is 14.9. The van der Waals surface area contributed by atoms with Crippen molar-refractivity contribution in [3.05, 3.63) is 59.7 Å². The van der Waals surface area contributed by atoms with Crippen molar-refractivity contribution in [2.45, 2.75) is 55.9 Å². The molecule has 35 heavy (non-hydrogen) atoms. The largest absolute Gasteiger partial charge is 0.492 e. The van der Waals surface area contributed by atoms with Crippen molar-refractivity contribution in [2.75, 3.05) is 39.8 Å². The fourth-order valence-electron chi connectivity index (χ4n) is 5.10. The van der Waals surface area contributed by atoms with Crippen LogP contribution in [0.2, 0.25) is 0 Å². The van der Waals surface area contributed by atoms with Crippen molar-refractivity contribution in [2.24, 2.45) is 0 Å². The van der Waals surface area contributed by atoms with Gasteiger partial charge in [-0.25, -0.2) is 8.42 Å². The molecule has 1 N–H and O–H groups in total. The lowest BCUT2D eigenvalue weighted by Gasteiger charge is -2.36. The zero-order chi connectivity index (χ0) is 24.7. The third kappa shape index (κ3) is 6.63. The summed E-state index contributed by atoms with van der Waals surface area (Å²) in [7, 11) is -2.16. The number of benzene rings is 2. The van der Waals surface area contributed by atoms with Gasteiger partial charge in [0.2, 0.25) is 10.0 Å². The minimum absolute atomic E-state index is 0.196. The van der Waals surface area contributed by atoms with Crippen LogP contribution >= 0.6 is 0 Å². The Bertz CT molecular complexity index is 1090. The standard InChI is InChI=1S/C27H37N3O4S/c1-28-27(31)23-11-14-26(15-12-23)35(32,33)30-18-5-4-17-29-16-3-2-8-24(29)13-10-22-7-6-9-25(21-22)34-20-19-30/h6-7,9,11-12,14-15,21,24H,2-5,8,10,13,16-20H2,1H3,(H,28,31). The minimum Gasteiger partial charge on any atom is -0.492 e. The van der Waals surface area contributed by atoms with Crippen molar-refractivity contribution in [3.63, 3.8) is 0 Å². The smallest absolute Gasteiger partial charge is 0.251 e. The van der Waals surface area contributed by atoms with E-state index in [-0.39, 0.29) is 24.0 Å². The van der Waals surface area contributed by atoms with E-state index >= 15 is 0 Å². The normalized spacial score (nSPS) is 21.1. The maximum Gasteiger partial charge on any atom is 0.251 e. The third-order valence-corrected chi connectivity index (χ3v) is 9.02. The number of fused-ring (bicyclic) bond motifs is 3. The Balaban J connectivity index is 1.52. The van der Waals surface area contributed by atoms with Gasteiger partial charge >= 0.3 is 0 Å². The zero-order valence-electron chi connectivity index (χ0n) is 20.6. The Morgan fingerprint density at radius 1 is 0.943 bits per heavy atom. The topological polar surface area (TPSA) is 79.0 Å². The van der Waals surface area contributed by atoms with Gasteiger partial charge in [0.25, 0.3) is 5.91 Å². The summed E-state index contributed by atoms with van der Waals surface area (Å²) in [5.41, 5.74) is 1.70. The summed E-state index contributed by atoms with van der Waals surface area (Å²) in [5.74, 6) is 0.542. The molecular weight excluding hydrogens is 462 g/mol. The molecule has 2 aliphatic heterocycles. The second-order valence-corrected chi connectivity index (χ2v) is 11.4. The molecule has 7 nitrogen and oxygen atoms in total. The van der Waals surface area contributed by atoms with Crippen LogP contribution in [0.3, 0.4) is 0 Å². The molecule has 4 rings (SSSR count). The van der Waals surface area contributed by atoms with E-state index in [4.69, 9.17) is 4.74 Å². The van der Waals surface area contributed by atoms with Crippen LogP contribution < -0.4 is 10.1 Å². The zero-order valence-corrected chi connectivity index (χ0v) is 21.4. The molecule has 1 amide bonds. The highest BCUT2D eigenvalue weighted by atomic mass is 32.2. The van der Waals surface area contributed by atoms with Gasteiger partial charge in [0, 0.05) is 31.7 Å². The number of carbonyl (C=O) groups is 1. The highest BCUT2D eigenvalue weighted by Crippen LogP contribution is 2.24. The number of amides is 1. The fraction of sp³-hybridized carbons (Fsp3) is 0.519. The maximum atomic E-state index is 13.5. The van der Waals surface area contributed by atoms with Crippen LogP contribution in [0, 0.1) is 0 Å². The highest BCUT2D eigenvalue weighted by Gasteiger charge is 2.26. The first-order valence-corrected chi connectivity index (χ1v) is 14.2. The van der Waals surface area contributed by atoms with Crippen molar-refractivity contribution in [1.29, 1.82) is 0 Å². The van der Waals surface area contributed by atoms with E-state index in [1.165, 1.54) is 41.3 Å². The first-order chi connectivity index (χ1) is 17.0. The van der Waals surface area contributed by atoms with E-state index in [0.717, 1.165) is 44.5 Å². The van der Waals surface area contributed by atoms with Gasteiger partial charge in [0.15, 0.2) is 0 Å². The van der Waals surface area contributed by atoms with E-state index in [0.29, 0.717) is 18.2 Å². The fourth-order valence-corrected chi connectivity index (χ4v) is 6.56. The van der Waals surface area contributed by atoms with E-state index < -0.39 is 10.0 Å². The Hall–Kier alpha value is -2.42. The van der Waals surface area contributed by atoms with Gasteiger partial charge < -0.3 is 15.0 Å². The monoisotopic (exact) mass is 499 g/mol. The summed E-state index contributed by atoms with van der Waals surface area (Å²) < 4.78 is 34.5. The summed E-state index contributed by atoms with van der Waals surface area (Å²) in [6.45, 7) is 3.15. The highest BCUT2D eigenvalue weighted by molar-refractivity contribution is 7.89. The Kier molecular flexibility index (Phi) is 8.81. The summed E-state index contributed by atoms with van der Waals surface area (Å²) >= 11 is 0. The number of rotatable bonds is 3. The van der Waals surface area contributed by atoms with E-state index in [1.54, 1.807) is 19.2 Å². The average molecular weight is 500 g/mol. The average Bonchev–Trinajstić information content (AvgIpc) is 2.89. The predicted octanol–water partition coefficient (Wildman–Crippen LogP) is 3.70. The number of piperidine rings is 1. The van der Waals surface area contributed by atoms with Gasteiger partial charge in [-0.15, -0.1) is 0 Å². The van der Waals surface area contributed by atoms with Crippen molar-refractivity contribution in [3.8, 4) is 5.75 Å². The van der Waals surface area contributed by atoms with Crippen LogP contribution in [-0.4, -0.2) is 69.4 Å². The van der Waals surface area contributed by atoms with Crippen LogP contribution in [0.5, 0.6) is 5.75 Å². The lowest BCUT2D eigenvalue weighted by molar-refractivity contribution is 0.0963. The number of nitrogens with zero attached hydrogens (tertiary/aromatic N) is 2. The number of ether oxygens (including phenoxy) is 1. The molecule has 2 aliphatic rings. The third-order valence-electron chi connectivity index (χ3n) is 7.11. The van der Waals surface area contributed by atoms with Crippen molar-refractivity contribution in [1.82, 2.24) is 14.5 Å². The maximum absolute atomic E-state index is 13.5. The molecule has 1 saturated heterocycles. The lowest BCUT2D eigenvalue weighted by atomic mass is 9.95. The summed E-state index contributed by atoms with van der Waals surface area (Å²) in [4.78, 5) is 14.7. The number of nitrogens with one attached hydrogen (secondary N) is 1. The molecule has 0 spiro atoms. The van der Waals surface area contributed by atoms with Crippen LogP contribution in [0.15, 0.2) is 53.4 Å². The van der Waals surface area contributed by atoms with Gasteiger partial charge in [0.1, 0.15) is 12.4 Å². The van der Waals surface area contributed by atoms with Crippen molar-refractivity contribution < 1.29 is 17.9 Å². The predicted molar refractivity (Wildman–Crippen MR) is 137 cm³/mol. The van der Waals surface area contributed by atoms with Crippen LogP contribution in [0.1, 0.15) is 54.4 Å². The van der Waals surface area contributed by atoms with Crippen molar-refractivity contribution >= 4 is 15.9 Å². The molecule has 0 radical (unpaired) electrons. The molecule has 2 aromatic rings. The first kappa shape index (κ1) is 25.7. The summed E-state index contributed by atoms with van der Waals surface area (Å²) in [6.07, 6.45) is 7.71. The van der Waals surface area contributed by atoms with Gasteiger partial charge in [-0.1, -0.05) is 18.6 Å². The number of hydrogen-bond donors (Lipinski definition) is 1. The molecule has 0 aromatic heterocycles. The first-order valence-electron chi connectivity index (χ1n) is 12.8. The molecule has 0 saturated carbocycles. The quantitative estimate of drug-likeness (QED) is 0.697. The van der Waals surface area contributed by atoms with Crippen LogP contribution in [0.25, 0.3) is 0 Å². The van der Waals surface area contributed by atoms with Crippen LogP contribution in [-0.2, 0) is 16.4 Å². The molecule has 2 bridgehead atoms. The van der Waals surface area contributed by atoms with Gasteiger partial charge in [-0.3, -0.25) is 4.79 Å². The number of hydrogen-bond acceptors (Lipinski definition) is 5. The Morgan fingerprint density at radius 3 is 2.46 bits per heavy atom. The van der Waals surface area contributed by atoms with Gasteiger partial charge in [0.05, 0.1) is 4.90 Å². The second-order valence-electron chi connectivity index (χ2n) is 9.43. The lowest BCUT2D eigenvalue weighted by Crippen LogP contribution is -2.40. The van der Waals surface area contributed by atoms with Gasteiger partial charge in [-0.05, 0) is 93.6 Å². The van der Waals surface area contributed by atoms with E-state index in [2.05, 4.69) is 22.3 Å². The SMILES string of the molecule is CNC(=O)c1ccc(S(=O)(=O)N2CCCCN3CCCCC3CCc3cccc(c3)OCC2)cc1. The molecule has 2 heterocycles. The molecule has 190 valence electrons. The number of carbonyl (C=O) groups excluding carboxylic acids is 1. The second kappa shape index (κ2) is 12.0. The molecule has 0 aliphatic carbocycles. The number of aryl methyl sites for hydroxylation is 1. The molecule has 2 aromatic carbocycles. The molecule has 1 unspecified atom stereocenters. The Labute approximate surface area is 209 Å². The van der Waals surface area contributed by atoms with E-state index in [9.17, 15) is 13.2 Å². The molecular formula is C27H37N3O4S. The van der Waals surface area contributed by atoms with Gasteiger partial charge in [-0.2, -0.15) is 4.31 Å². The molecule has 8 heteroatoms. The molecule has 1 fully saturated rings. The molecule has 1 atom stereocenters.